The van der Waals surface area contributed by atoms with Crippen LogP contribution in [0.25, 0.3) is 66.5 Å². The van der Waals surface area contributed by atoms with Gasteiger partial charge in [0.1, 0.15) is 35.5 Å². The maximum atomic E-state index is 11.8. The number of fused-ring (bicyclic) bond motifs is 3. The lowest BCUT2D eigenvalue weighted by Crippen LogP contribution is -2.24. The summed E-state index contributed by atoms with van der Waals surface area (Å²) in [4.78, 5) is 0. The Morgan fingerprint density at radius 2 is 0.795 bits per heavy atom. The van der Waals surface area contributed by atoms with Crippen LogP contribution >= 0.6 is 0 Å². The number of methoxy groups -OCH3 is 2. The van der Waals surface area contributed by atoms with Crippen LogP contribution in [0.5, 0.6) is 17.2 Å². The summed E-state index contributed by atoms with van der Waals surface area (Å²) in [6, 6.07) is 47.4. The molecule has 0 spiro atoms. The lowest BCUT2D eigenvalue weighted by Gasteiger charge is -2.30. The first kappa shape index (κ1) is 62.1. The Hall–Kier alpha value is -8.94. The summed E-state index contributed by atoms with van der Waals surface area (Å²) in [5, 5.41) is 32.6. The highest BCUT2D eigenvalue weighted by molar-refractivity contribution is 7.92. The fourth-order valence-electron chi connectivity index (χ4n) is 11.5. The van der Waals surface area contributed by atoms with Crippen LogP contribution < -0.4 is 27.1 Å². The first-order valence-corrected chi connectivity index (χ1v) is 34.6. The Morgan fingerprint density at radius 3 is 1.11 bits per heavy atom. The van der Waals surface area contributed by atoms with Gasteiger partial charge in [-0.3, -0.25) is 12.9 Å². The third-order valence-corrected chi connectivity index (χ3v) is 20.7. The molecule has 9 aromatic rings. The number of nitrogens with zero attached hydrogens (tertiary/aromatic N) is 9. The van der Waals surface area contributed by atoms with E-state index in [0.717, 1.165) is 116 Å². The van der Waals surface area contributed by atoms with Crippen molar-refractivity contribution >= 4 is 79.8 Å². The molecular weight excluding hydrogens is 1170 g/mol. The highest BCUT2D eigenvalue weighted by atomic mass is 32.2. The summed E-state index contributed by atoms with van der Waals surface area (Å²) in [7, 11) is -2.12. The van der Waals surface area contributed by atoms with Crippen LogP contribution in [-0.2, 0) is 36.6 Å². The minimum absolute atomic E-state index is 0.347. The van der Waals surface area contributed by atoms with Gasteiger partial charge in [0, 0.05) is 74.1 Å². The molecule has 3 saturated carbocycles. The van der Waals surface area contributed by atoms with Crippen molar-refractivity contribution in [2.45, 2.75) is 76.9 Å². The average Bonchev–Trinajstić information content (AvgIpc) is 3.37. The molecule has 0 atom stereocenters. The number of sulfonamides is 3. The zero-order valence-corrected chi connectivity index (χ0v) is 53.3. The van der Waals surface area contributed by atoms with Crippen molar-refractivity contribution in [1.82, 2.24) is 13.7 Å². The van der Waals surface area contributed by atoms with E-state index in [4.69, 9.17) is 14.2 Å². The van der Waals surface area contributed by atoms with Crippen molar-refractivity contribution in [3.63, 3.8) is 0 Å². The molecule has 3 aromatic heterocycles. The highest BCUT2D eigenvalue weighted by Crippen LogP contribution is 2.46. The second-order valence-electron chi connectivity index (χ2n) is 22.7. The van der Waals surface area contributed by atoms with Crippen molar-refractivity contribution in [2.24, 2.45) is 5.92 Å². The quantitative estimate of drug-likeness (QED) is 0.0829. The van der Waals surface area contributed by atoms with E-state index in [0.29, 0.717) is 58.4 Å². The van der Waals surface area contributed by atoms with Crippen LogP contribution in [0.1, 0.15) is 87.1 Å². The van der Waals surface area contributed by atoms with E-state index in [1.54, 1.807) is 50.6 Å². The predicted molar refractivity (Wildman–Crippen MR) is 349 cm³/mol. The summed E-state index contributed by atoms with van der Waals surface area (Å²) in [6.45, 7) is 3.39. The SMILES string of the molecule is CCOc1ccc2c(C#N)c(-c3ccc(N(C)S(C)(=O)=O)cc3)n(C3CCC3)c2c1.COc1ccc2c(C#N)c(-c3ccc(N(C)S(C)(=O)=O)cc3)n(C3CCC3)c2c1.COc1ccc2c(C#N)c(-c3ccc(N(C)S(C)(=O)=O)cc3)n(CC3CC3)c2c1. The van der Waals surface area contributed by atoms with Crippen LogP contribution in [0.2, 0.25) is 0 Å². The van der Waals surface area contributed by atoms with Gasteiger partial charge in [-0.1, -0.05) is 36.4 Å². The number of ether oxygens (including phenoxy) is 3. The Morgan fingerprint density at radius 1 is 0.466 bits per heavy atom. The summed E-state index contributed by atoms with van der Waals surface area (Å²) >= 11 is 0. The molecule has 0 saturated heterocycles. The van der Waals surface area contributed by atoms with Gasteiger partial charge in [0.2, 0.25) is 30.1 Å². The normalized spacial score (nSPS) is 14.2. The minimum atomic E-state index is -3.33. The van der Waals surface area contributed by atoms with Gasteiger partial charge >= 0.3 is 0 Å². The Balaban J connectivity index is 0.000000146. The topological polar surface area (TPSA) is 226 Å². The molecule has 0 amide bonds. The second kappa shape index (κ2) is 25.0. The van der Waals surface area contributed by atoms with Gasteiger partial charge in [0.05, 0.1) is 107 Å². The maximum Gasteiger partial charge on any atom is 0.231 e. The van der Waals surface area contributed by atoms with Gasteiger partial charge in [-0.15, -0.1) is 0 Å². The Labute approximate surface area is 515 Å². The zero-order valence-electron chi connectivity index (χ0n) is 50.9. The standard InChI is InChI=1S/C23H25N3O3S.2C22H23N3O3S/c1-4-29-19-12-13-20-21(15-24)23(26(22(20)14-19)18-6-5-7-18)16-8-10-17(11-9-16)25(2)30(3,27)28;1-24(29(3,26)27)17-8-6-16(7-9-17)22-20(13-23)19-11-10-18(28-2)12-21(19)25(22)14-15-4-5-15;1-24(29(3,26)27)16-9-7-15(8-10-16)22-20(14-23)19-12-11-18(28-2)13-21(19)25(22)17-5-4-6-17/h8-14,18H,4-7H2,1-3H3;6-12,15H,4-5,14H2,1-3H3;7-13,17H,4-6H2,1-3H3. The summed E-state index contributed by atoms with van der Waals surface area (Å²) < 4.78 is 98.0. The molecule has 6 aromatic carbocycles. The molecule has 0 N–H and O–H groups in total. The van der Waals surface area contributed by atoms with Gasteiger partial charge < -0.3 is 27.9 Å². The van der Waals surface area contributed by atoms with Gasteiger partial charge in [-0.05, 0) is 154 Å². The van der Waals surface area contributed by atoms with E-state index in [2.05, 4.69) is 31.9 Å². The molecule has 0 radical (unpaired) electrons. The van der Waals surface area contributed by atoms with Crippen LogP contribution in [0.15, 0.2) is 127 Å². The summed E-state index contributed by atoms with van der Waals surface area (Å²) in [5.74, 6) is 2.94. The van der Waals surface area contributed by atoms with E-state index in [1.165, 1.54) is 78.5 Å². The molecule has 3 aliphatic carbocycles. The average molecular weight is 1240 g/mol. The van der Waals surface area contributed by atoms with E-state index in [9.17, 15) is 41.0 Å². The van der Waals surface area contributed by atoms with E-state index in [1.807, 2.05) is 97.9 Å². The molecule has 12 rings (SSSR count). The monoisotopic (exact) mass is 1240 g/mol. The van der Waals surface area contributed by atoms with Gasteiger partial charge in [-0.2, -0.15) is 15.8 Å². The number of rotatable bonds is 17. The number of aromatic nitrogens is 3. The molecule has 21 heteroatoms. The molecule has 0 unspecified atom stereocenters. The zero-order chi connectivity index (χ0) is 63.0. The molecule has 3 heterocycles. The van der Waals surface area contributed by atoms with E-state index in [-0.39, 0.29) is 0 Å². The predicted octanol–water partition coefficient (Wildman–Crippen LogP) is 13.0. The van der Waals surface area contributed by atoms with E-state index < -0.39 is 30.1 Å². The molecule has 3 aliphatic rings. The largest absolute Gasteiger partial charge is 0.497 e. The smallest absolute Gasteiger partial charge is 0.231 e. The second-order valence-corrected chi connectivity index (χ2v) is 28.7. The molecule has 3 fully saturated rings. The first-order chi connectivity index (χ1) is 42.0. The van der Waals surface area contributed by atoms with Gasteiger partial charge in [0.15, 0.2) is 0 Å². The molecule has 0 bridgehead atoms. The van der Waals surface area contributed by atoms with Crippen molar-refractivity contribution in [1.29, 1.82) is 15.8 Å². The highest BCUT2D eigenvalue weighted by Gasteiger charge is 2.31. The van der Waals surface area contributed by atoms with Crippen LogP contribution in [0.3, 0.4) is 0 Å². The summed E-state index contributed by atoms with van der Waals surface area (Å²) in [6.07, 6.45) is 12.6. The number of hydrogen-bond acceptors (Lipinski definition) is 12. The lowest BCUT2D eigenvalue weighted by atomic mass is 9.92. The number of hydrogen-bond donors (Lipinski definition) is 0. The van der Waals surface area contributed by atoms with Crippen LogP contribution in [0.4, 0.5) is 17.1 Å². The maximum absolute atomic E-state index is 11.8. The van der Waals surface area contributed by atoms with Crippen molar-refractivity contribution in [3.8, 4) is 69.2 Å². The molecule has 88 heavy (non-hydrogen) atoms. The summed E-state index contributed by atoms with van der Waals surface area (Å²) in [5.41, 5.74) is 12.0. The van der Waals surface area contributed by atoms with Gasteiger partial charge in [0.25, 0.3) is 0 Å². The van der Waals surface area contributed by atoms with Crippen molar-refractivity contribution in [2.75, 3.05) is 73.7 Å². The Kier molecular flexibility index (Phi) is 17.7. The van der Waals surface area contributed by atoms with Crippen LogP contribution in [0, 0.1) is 39.9 Å². The third-order valence-electron chi connectivity index (χ3n) is 17.1. The lowest BCUT2D eigenvalue weighted by molar-refractivity contribution is 0.322. The van der Waals surface area contributed by atoms with Gasteiger partial charge in [-0.25, -0.2) is 25.3 Å². The molecule has 18 nitrogen and oxygen atoms in total. The number of benzene rings is 6. The number of nitriles is 3. The van der Waals surface area contributed by atoms with Crippen molar-refractivity contribution in [3.05, 3.63) is 144 Å². The number of anilines is 3. The first-order valence-electron chi connectivity index (χ1n) is 29.1. The minimum Gasteiger partial charge on any atom is -0.497 e. The molecule has 0 aliphatic heterocycles. The molecular formula is C67H71N9O9S3. The third kappa shape index (κ3) is 12.3. The molecule has 456 valence electrons. The van der Waals surface area contributed by atoms with Crippen LogP contribution in [-0.4, -0.2) is 99.7 Å². The Bertz CT molecular complexity index is 4600. The van der Waals surface area contributed by atoms with E-state index >= 15 is 0 Å². The fraction of sp³-hybridized carbons (Fsp3) is 0.328. The van der Waals surface area contributed by atoms with Crippen molar-refractivity contribution < 1.29 is 39.5 Å². The fourth-order valence-corrected chi connectivity index (χ4v) is 13.0.